The fraction of sp³-hybridized carbons (Fsp3) is 0.235. The largest absolute Gasteiger partial charge is 0.399 e. The lowest BCUT2D eigenvalue weighted by atomic mass is 10.2. The van der Waals surface area contributed by atoms with E-state index >= 15 is 0 Å². The van der Waals surface area contributed by atoms with Gasteiger partial charge in [-0.05, 0) is 30.3 Å². The van der Waals surface area contributed by atoms with Gasteiger partial charge in [0, 0.05) is 37.3 Å². The molecule has 3 N–H and O–H groups in total. The number of aromatic nitrogens is 2. The molecule has 5 nitrogen and oxygen atoms in total. The first-order valence-electron chi connectivity index (χ1n) is 7.62. The van der Waals surface area contributed by atoms with Gasteiger partial charge < -0.3 is 16.0 Å². The summed E-state index contributed by atoms with van der Waals surface area (Å²) >= 11 is 0. The molecule has 1 aliphatic rings. The normalized spacial score (nSPS) is 15.4. The monoisotopic (exact) mass is 293 g/mol. The maximum atomic E-state index is 6.00. The van der Waals surface area contributed by atoms with Crippen LogP contribution in [0.1, 0.15) is 0 Å². The molecule has 1 aromatic heterocycles. The zero-order valence-corrected chi connectivity index (χ0v) is 12.4. The number of anilines is 2. The van der Waals surface area contributed by atoms with Gasteiger partial charge in [-0.15, -0.1) is 5.10 Å². The Balaban J connectivity index is 1.91. The second-order valence-electron chi connectivity index (χ2n) is 5.58. The summed E-state index contributed by atoms with van der Waals surface area (Å²) in [6.45, 7) is 3.91. The third-order valence-corrected chi connectivity index (χ3v) is 4.10. The second kappa shape index (κ2) is 5.35. The average molecular weight is 293 g/mol. The van der Waals surface area contributed by atoms with Crippen LogP contribution in [0.5, 0.6) is 0 Å². The summed E-state index contributed by atoms with van der Waals surface area (Å²) in [5.41, 5.74) is 8.94. The van der Waals surface area contributed by atoms with E-state index in [1.165, 1.54) is 0 Å². The molecule has 2 aromatic carbocycles. The first-order chi connectivity index (χ1) is 10.8. The molecule has 0 bridgehead atoms. The van der Waals surface area contributed by atoms with E-state index in [1.807, 2.05) is 35.0 Å². The zero-order chi connectivity index (χ0) is 14.9. The van der Waals surface area contributed by atoms with Crippen LogP contribution in [-0.4, -0.2) is 36.0 Å². The van der Waals surface area contributed by atoms with Crippen molar-refractivity contribution in [3.8, 4) is 5.69 Å². The van der Waals surface area contributed by atoms with Gasteiger partial charge in [-0.25, -0.2) is 4.68 Å². The highest BCUT2D eigenvalue weighted by atomic mass is 15.4. The number of nitrogen functional groups attached to an aromatic ring is 1. The molecule has 1 fully saturated rings. The number of benzene rings is 2. The highest BCUT2D eigenvalue weighted by Gasteiger charge is 2.19. The van der Waals surface area contributed by atoms with Gasteiger partial charge in [0.05, 0.1) is 11.2 Å². The van der Waals surface area contributed by atoms with Gasteiger partial charge in [-0.3, -0.25) is 0 Å². The molecule has 0 saturated carbocycles. The lowest BCUT2D eigenvalue weighted by Gasteiger charge is -2.27. The maximum absolute atomic E-state index is 6.00. The van der Waals surface area contributed by atoms with Gasteiger partial charge >= 0.3 is 0 Å². The average Bonchev–Trinajstić information content (AvgIpc) is 2.95. The highest BCUT2D eigenvalue weighted by molar-refractivity contribution is 5.94. The molecule has 0 aliphatic carbocycles. The van der Waals surface area contributed by atoms with Crippen LogP contribution in [-0.2, 0) is 0 Å². The predicted octanol–water partition coefficient (Wildman–Crippen LogP) is 2.02. The first-order valence-corrected chi connectivity index (χ1v) is 7.62. The molecular weight excluding hydrogens is 274 g/mol. The van der Waals surface area contributed by atoms with E-state index in [-0.39, 0.29) is 0 Å². The number of rotatable bonds is 2. The molecule has 0 unspecified atom stereocenters. The molecule has 0 atom stereocenters. The molecular formula is C17H19N5. The minimum absolute atomic E-state index is 0.775. The Morgan fingerprint density at radius 3 is 2.55 bits per heavy atom. The standard InChI is InChI=1S/C17H19N5/c18-13-6-7-16-15(12-13)17(21-10-8-19-9-11-21)20-22(16)14-4-2-1-3-5-14/h1-7,12,19H,8-11,18H2. The fourth-order valence-corrected chi connectivity index (χ4v) is 3.00. The predicted molar refractivity (Wildman–Crippen MR) is 90.6 cm³/mol. The van der Waals surface area contributed by atoms with Crippen molar-refractivity contribution < 1.29 is 0 Å². The van der Waals surface area contributed by atoms with E-state index in [0.717, 1.165) is 54.3 Å². The van der Waals surface area contributed by atoms with Crippen LogP contribution in [0, 0.1) is 0 Å². The van der Waals surface area contributed by atoms with Crippen LogP contribution in [0.4, 0.5) is 11.5 Å². The van der Waals surface area contributed by atoms with Gasteiger partial charge in [0.1, 0.15) is 0 Å². The number of hydrogen-bond donors (Lipinski definition) is 2. The number of nitrogens with two attached hydrogens (primary N) is 1. The van der Waals surface area contributed by atoms with Gasteiger partial charge in [0.2, 0.25) is 0 Å². The van der Waals surface area contributed by atoms with Crippen LogP contribution < -0.4 is 16.0 Å². The molecule has 3 aromatic rings. The van der Waals surface area contributed by atoms with Crippen molar-refractivity contribution in [3.05, 3.63) is 48.5 Å². The summed E-state index contributed by atoms with van der Waals surface area (Å²) in [6, 6.07) is 16.2. The third kappa shape index (κ3) is 2.19. The van der Waals surface area contributed by atoms with Gasteiger partial charge in [-0.1, -0.05) is 18.2 Å². The summed E-state index contributed by atoms with van der Waals surface area (Å²) in [7, 11) is 0. The summed E-state index contributed by atoms with van der Waals surface area (Å²) in [5.74, 6) is 1.02. The quantitative estimate of drug-likeness (QED) is 0.710. The van der Waals surface area contributed by atoms with Crippen molar-refractivity contribution in [2.45, 2.75) is 0 Å². The number of piperazine rings is 1. The van der Waals surface area contributed by atoms with Crippen LogP contribution in [0.3, 0.4) is 0 Å². The van der Waals surface area contributed by atoms with Crippen LogP contribution in [0.15, 0.2) is 48.5 Å². The second-order valence-corrected chi connectivity index (χ2v) is 5.58. The Bertz CT molecular complexity index is 787. The fourth-order valence-electron chi connectivity index (χ4n) is 3.00. The van der Waals surface area contributed by atoms with Crippen molar-refractivity contribution in [3.63, 3.8) is 0 Å². The van der Waals surface area contributed by atoms with Gasteiger partial charge in [0.25, 0.3) is 0 Å². The molecule has 22 heavy (non-hydrogen) atoms. The van der Waals surface area contributed by atoms with Crippen molar-refractivity contribution in [2.24, 2.45) is 0 Å². The van der Waals surface area contributed by atoms with E-state index in [0.29, 0.717) is 0 Å². The number of nitrogens with one attached hydrogen (secondary N) is 1. The summed E-state index contributed by atoms with van der Waals surface area (Å²) in [4.78, 5) is 2.33. The lowest BCUT2D eigenvalue weighted by Crippen LogP contribution is -2.43. The van der Waals surface area contributed by atoms with Crippen molar-refractivity contribution in [1.29, 1.82) is 0 Å². The highest BCUT2D eigenvalue weighted by Crippen LogP contribution is 2.30. The molecule has 112 valence electrons. The molecule has 5 heteroatoms. The molecule has 4 rings (SSSR count). The lowest BCUT2D eigenvalue weighted by molar-refractivity contribution is 0.584. The van der Waals surface area contributed by atoms with Crippen molar-refractivity contribution in [2.75, 3.05) is 36.8 Å². The van der Waals surface area contributed by atoms with E-state index in [1.54, 1.807) is 0 Å². The Kier molecular flexibility index (Phi) is 3.20. The smallest absolute Gasteiger partial charge is 0.159 e. The molecule has 2 heterocycles. The number of nitrogens with zero attached hydrogens (tertiary/aromatic N) is 3. The van der Waals surface area contributed by atoms with Gasteiger partial charge in [0.15, 0.2) is 5.82 Å². The molecule has 1 saturated heterocycles. The molecule has 0 radical (unpaired) electrons. The Morgan fingerprint density at radius 1 is 1.00 bits per heavy atom. The molecule has 1 aliphatic heterocycles. The Labute approximate surface area is 129 Å². The SMILES string of the molecule is Nc1ccc2c(c1)c(N1CCNCC1)nn2-c1ccccc1. The van der Waals surface area contributed by atoms with Crippen LogP contribution >= 0.6 is 0 Å². The minimum Gasteiger partial charge on any atom is -0.399 e. The summed E-state index contributed by atoms with van der Waals surface area (Å²) in [5, 5.41) is 9.38. The van der Waals surface area contributed by atoms with Crippen molar-refractivity contribution >= 4 is 22.4 Å². The van der Waals surface area contributed by atoms with Crippen molar-refractivity contribution in [1.82, 2.24) is 15.1 Å². The molecule has 0 spiro atoms. The topological polar surface area (TPSA) is 59.1 Å². The van der Waals surface area contributed by atoms with E-state index in [2.05, 4.69) is 28.4 Å². The number of hydrogen-bond acceptors (Lipinski definition) is 4. The van der Waals surface area contributed by atoms with E-state index in [9.17, 15) is 0 Å². The van der Waals surface area contributed by atoms with Gasteiger partial charge in [-0.2, -0.15) is 0 Å². The van der Waals surface area contributed by atoms with Crippen LogP contribution in [0.2, 0.25) is 0 Å². The minimum atomic E-state index is 0.775. The third-order valence-electron chi connectivity index (χ3n) is 4.10. The maximum Gasteiger partial charge on any atom is 0.159 e. The first kappa shape index (κ1) is 13.2. The molecule has 0 amide bonds. The Hall–Kier alpha value is -2.53. The summed E-state index contributed by atoms with van der Waals surface area (Å²) in [6.07, 6.45) is 0. The number of fused-ring (bicyclic) bond motifs is 1. The zero-order valence-electron chi connectivity index (χ0n) is 12.4. The summed E-state index contributed by atoms with van der Waals surface area (Å²) < 4.78 is 2.01. The van der Waals surface area contributed by atoms with E-state index in [4.69, 9.17) is 10.8 Å². The van der Waals surface area contributed by atoms with E-state index < -0.39 is 0 Å². The number of para-hydroxylation sites is 1. The van der Waals surface area contributed by atoms with Crippen LogP contribution in [0.25, 0.3) is 16.6 Å². The Morgan fingerprint density at radius 2 is 1.77 bits per heavy atom.